The molecule has 0 bridgehead atoms. The van der Waals surface area contributed by atoms with Crippen LogP contribution in [0.4, 0.5) is 0 Å². The lowest BCUT2D eigenvalue weighted by atomic mass is 9.98. The summed E-state index contributed by atoms with van der Waals surface area (Å²) in [5, 5.41) is 1.14. The van der Waals surface area contributed by atoms with Crippen molar-refractivity contribution >= 4 is 44.3 Å². The summed E-state index contributed by atoms with van der Waals surface area (Å²) in [6, 6.07) is 10.2. The minimum atomic E-state index is -3.54. The summed E-state index contributed by atoms with van der Waals surface area (Å²) in [4.78, 5) is 4.84. The van der Waals surface area contributed by atoms with Gasteiger partial charge in [-0.15, -0.1) is 0 Å². The average Bonchev–Trinajstić information content (AvgIpc) is 3.04. The molecule has 4 rings (SSSR count). The molecule has 0 unspecified atom stereocenters. The molecule has 0 saturated carbocycles. The fraction of sp³-hybridized carbons (Fsp3) is 0.316. The van der Waals surface area contributed by atoms with Gasteiger partial charge in [-0.1, -0.05) is 23.2 Å². The second kappa shape index (κ2) is 7.09. The monoisotopic (exact) mass is 424 g/mol. The first-order valence-corrected chi connectivity index (χ1v) is 10.9. The summed E-state index contributed by atoms with van der Waals surface area (Å²) in [5.41, 5.74) is 2.08. The van der Waals surface area contributed by atoms with Crippen LogP contribution in [0.3, 0.4) is 0 Å². The summed E-state index contributed by atoms with van der Waals surface area (Å²) in [7, 11) is -3.54. The van der Waals surface area contributed by atoms with Gasteiger partial charge < -0.3 is 4.42 Å². The van der Waals surface area contributed by atoms with Crippen LogP contribution >= 0.6 is 23.2 Å². The van der Waals surface area contributed by atoms with E-state index in [-0.39, 0.29) is 5.92 Å². The zero-order valence-electron chi connectivity index (χ0n) is 14.7. The number of sulfonamides is 1. The van der Waals surface area contributed by atoms with Gasteiger partial charge in [-0.05, 0) is 61.7 Å². The molecule has 2 aromatic carbocycles. The Balaban J connectivity index is 1.52. The van der Waals surface area contributed by atoms with Crippen LogP contribution in [0.2, 0.25) is 10.0 Å². The van der Waals surface area contributed by atoms with Crippen molar-refractivity contribution in [1.29, 1.82) is 0 Å². The molecule has 1 aliphatic heterocycles. The van der Waals surface area contributed by atoms with Crippen LogP contribution in [-0.4, -0.2) is 30.8 Å². The van der Waals surface area contributed by atoms with Gasteiger partial charge in [0.1, 0.15) is 5.52 Å². The van der Waals surface area contributed by atoms with Gasteiger partial charge in [-0.25, -0.2) is 13.4 Å². The topological polar surface area (TPSA) is 63.4 Å². The van der Waals surface area contributed by atoms with Crippen LogP contribution in [0.1, 0.15) is 30.2 Å². The van der Waals surface area contributed by atoms with E-state index in [1.165, 1.54) is 4.31 Å². The minimum absolute atomic E-state index is 0.0916. The van der Waals surface area contributed by atoms with E-state index in [2.05, 4.69) is 4.98 Å². The van der Waals surface area contributed by atoms with Gasteiger partial charge in [0.2, 0.25) is 10.0 Å². The van der Waals surface area contributed by atoms with Crippen LogP contribution in [0.5, 0.6) is 0 Å². The Labute approximate surface area is 167 Å². The molecule has 0 amide bonds. The first-order valence-electron chi connectivity index (χ1n) is 8.67. The van der Waals surface area contributed by atoms with Crippen molar-refractivity contribution in [2.75, 3.05) is 13.1 Å². The molecule has 0 N–H and O–H groups in total. The molecule has 0 radical (unpaired) electrons. The number of nitrogens with zero attached hydrogens (tertiary/aromatic N) is 2. The van der Waals surface area contributed by atoms with E-state index < -0.39 is 10.0 Å². The van der Waals surface area contributed by atoms with Gasteiger partial charge in [0, 0.05) is 29.1 Å². The summed E-state index contributed by atoms with van der Waals surface area (Å²) in [6.45, 7) is 2.61. The van der Waals surface area contributed by atoms with E-state index in [0.29, 0.717) is 57.9 Å². The van der Waals surface area contributed by atoms with Crippen LogP contribution < -0.4 is 0 Å². The van der Waals surface area contributed by atoms with Gasteiger partial charge in [-0.2, -0.15) is 4.31 Å². The largest absolute Gasteiger partial charge is 0.440 e. The summed E-state index contributed by atoms with van der Waals surface area (Å²) < 4.78 is 33.3. The number of fused-ring (bicyclic) bond motifs is 1. The predicted octanol–water partition coefficient (Wildman–Crippen LogP) is 5.01. The SMILES string of the molecule is Cc1cc(Cl)ccc1S(=O)(=O)N1CCC(c2nc3cc(Cl)ccc3o2)CC1. The molecule has 1 saturated heterocycles. The van der Waals surface area contributed by atoms with Crippen molar-refractivity contribution in [1.82, 2.24) is 9.29 Å². The number of piperidine rings is 1. The molecule has 3 aromatic rings. The third kappa shape index (κ3) is 3.59. The molecule has 0 spiro atoms. The van der Waals surface area contributed by atoms with Crippen molar-refractivity contribution in [3.05, 3.63) is 57.9 Å². The number of aryl methyl sites for hydroxylation is 1. The number of hydrogen-bond acceptors (Lipinski definition) is 4. The highest BCUT2D eigenvalue weighted by Gasteiger charge is 2.32. The van der Waals surface area contributed by atoms with E-state index in [1.807, 2.05) is 0 Å². The molecule has 1 fully saturated rings. The number of oxazole rings is 1. The highest BCUT2D eigenvalue weighted by molar-refractivity contribution is 7.89. The Hall–Kier alpha value is -1.60. The van der Waals surface area contributed by atoms with Crippen molar-refractivity contribution in [3.8, 4) is 0 Å². The summed E-state index contributed by atoms with van der Waals surface area (Å²) in [6.07, 6.45) is 1.32. The molecule has 142 valence electrons. The normalized spacial score (nSPS) is 16.9. The number of rotatable bonds is 3. The quantitative estimate of drug-likeness (QED) is 0.592. The number of halogens is 2. The van der Waals surface area contributed by atoms with Gasteiger partial charge >= 0.3 is 0 Å². The van der Waals surface area contributed by atoms with Gasteiger partial charge in [-0.3, -0.25) is 0 Å². The van der Waals surface area contributed by atoms with Gasteiger partial charge in [0.05, 0.1) is 4.90 Å². The number of hydrogen-bond donors (Lipinski definition) is 0. The molecule has 0 aliphatic carbocycles. The Morgan fingerprint density at radius 2 is 1.74 bits per heavy atom. The van der Waals surface area contributed by atoms with Crippen molar-refractivity contribution in [2.45, 2.75) is 30.6 Å². The maximum absolute atomic E-state index is 13.0. The molecular formula is C19H18Cl2N2O3S. The lowest BCUT2D eigenvalue weighted by Crippen LogP contribution is -2.38. The van der Waals surface area contributed by atoms with E-state index >= 15 is 0 Å². The molecular weight excluding hydrogens is 407 g/mol. The predicted molar refractivity (Wildman–Crippen MR) is 106 cm³/mol. The van der Waals surface area contributed by atoms with Gasteiger partial charge in [0.15, 0.2) is 11.5 Å². The van der Waals surface area contributed by atoms with Crippen LogP contribution in [-0.2, 0) is 10.0 Å². The Kier molecular flexibility index (Phi) is 4.93. The summed E-state index contributed by atoms with van der Waals surface area (Å²) >= 11 is 11.9. The van der Waals surface area contributed by atoms with Crippen LogP contribution in [0.15, 0.2) is 45.7 Å². The van der Waals surface area contributed by atoms with E-state index in [4.69, 9.17) is 27.6 Å². The Morgan fingerprint density at radius 1 is 1.07 bits per heavy atom. The Bertz CT molecular complexity index is 1100. The lowest BCUT2D eigenvalue weighted by molar-refractivity contribution is 0.293. The minimum Gasteiger partial charge on any atom is -0.440 e. The fourth-order valence-corrected chi connectivity index (χ4v) is 5.55. The smallest absolute Gasteiger partial charge is 0.243 e. The van der Waals surface area contributed by atoms with E-state index in [9.17, 15) is 8.42 Å². The zero-order valence-corrected chi connectivity index (χ0v) is 17.0. The number of benzene rings is 2. The lowest BCUT2D eigenvalue weighted by Gasteiger charge is -2.30. The van der Waals surface area contributed by atoms with Crippen molar-refractivity contribution in [2.24, 2.45) is 0 Å². The van der Waals surface area contributed by atoms with Crippen molar-refractivity contribution in [3.63, 3.8) is 0 Å². The van der Waals surface area contributed by atoms with Crippen LogP contribution in [0, 0.1) is 6.92 Å². The standard InChI is InChI=1S/C19H18Cl2N2O3S/c1-12-10-14(20)3-5-18(12)27(24,25)23-8-6-13(7-9-23)19-22-16-11-15(21)2-4-17(16)26-19/h2-5,10-11,13H,6-9H2,1H3. The highest BCUT2D eigenvalue weighted by atomic mass is 35.5. The van der Waals surface area contributed by atoms with Crippen molar-refractivity contribution < 1.29 is 12.8 Å². The molecule has 0 atom stereocenters. The first-order chi connectivity index (χ1) is 12.8. The molecule has 27 heavy (non-hydrogen) atoms. The average molecular weight is 425 g/mol. The molecule has 2 heterocycles. The molecule has 8 heteroatoms. The van der Waals surface area contributed by atoms with E-state index in [0.717, 1.165) is 5.52 Å². The van der Waals surface area contributed by atoms with Crippen LogP contribution in [0.25, 0.3) is 11.1 Å². The molecule has 1 aromatic heterocycles. The number of aromatic nitrogens is 1. The fourth-order valence-electron chi connectivity index (χ4n) is 3.48. The Morgan fingerprint density at radius 3 is 2.44 bits per heavy atom. The maximum Gasteiger partial charge on any atom is 0.243 e. The first kappa shape index (κ1) is 18.7. The highest BCUT2D eigenvalue weighted by Crippen LogP contribution is 2.33. The second-order valence-electron chi connectivity index (χ2n) is 6.75. The summed E-state index contributed by atoms with van der Waals surface area (Å²) in [5.74, 6) is 0.737. The second-order valence-corrected chi connectivity index (χ2v) is 9.53. The van der Waals surface area contributed by atoms with E-state index in [1.54, 1.807) is 43.3 Å². The zero-order chi connectivity index (χ0) is 19.2. The third-order valence-corrected chi connectivity index (χ3v) is 7.45. The third-order valence-electron chi connectivity index (χ3n) is 4.92. The molecule has 1 aliphatic rings. The molecule has 5 nitrogen and oxygen atoms in total. The maximum atomic E-state index is 13.0. The van der Waals surface area contributed by atoms with Gasteiger partial charge in [0.25, 0.3) is 0 Å².